The first-order valence-electron chi connectivity index (χ1n) is 11.5. The number of amides is 1. The van der Waals surface area contributed by atoms with Gasteiger partial charge in [0.05, 0.1) is 24.2 Å². The Morgan fingerprint density at radius 2 is 1.89 bits per heavy atom. The van der Waals surface area contributed by atoms with E-state index >= 15 is 0 Å². The Hall–Kier alpha value is -2.31. The van der Waals surface area contributed by atoms with Gasteiger partial charge < -0.3 is 25.6 Å². The third kappa shape index (κ3) is 8.11. The minimum Gasteiger partial charge on any atom is -0.444 e. The predicted octanol–water partition coefficient (Wildman–Crippen LogP) is 2.91. The van der Waals surface area contributed by atoms with Crippen molar-refractivity contribution in [2.75, 3.05) is 32.0 Å². The second-order valence-corrected chi connectivity index (χ2v) is 11.9. The molecule has 1 amide bonds. The summed E-state index contributed by atoms with van der Waals surface area (Å²) < 4.78 is 38.7. The van der Waals surface area contributed by atoms with Gasteiger partial charge in [0.25, 0.3) is 0 Å². The van der Waals surface area contributed by atoms with Crippen molar-refractivity contribution >= 4 is 33.6 Å². The number of benzene rings is 2. The highest BCUT2D eigenvalue weighted by Crippen LogP contribution is 2.26. The number of nitrogens with zero attached hydrogens (tertiary/aromatic N) is 1. The van der Waals surface area contributed by atoms with Crippen molar-refractivity contribution in [2.45, 2.75) is 47.6 Å². The number of rotatable bonds is 11. The van der Waals surface area contributed by atoms with E-state index in [-0.39, 0.29) is 30.0 Å². The van der Waals surface area contributed by atoms with Crippen LogP contribution in [-0.4, -0.2) is 67.8 Å². The van der Waals surface area contributed by atoms with Crippen molar-refractivity contribution in [3.63, 3.8) is 0 Å². The Kier molecular flexibility index (Phi) is 9.81. The smallest absolute Gasteiger partial charge is 0.408 e. The maximum atomic E-state index is 13.4. The third-order valence-electron chi connectivity index (χ3n) is 5.25. The van der Waals surface area contributed by atoms with Gasteiger partial charge >= 0.3 is 6.09 Å². The standard InChI is InChI=1S/C24H33N3O6S2/c1-17(2)14-27(35(30,31)21-10-8-18(25)9-11-21)15-22(28)23(34-20-6-4-3-5-7-20)26-24(29)33-19-12-13-32-16-19/h3-11,17,19,22-23,28H,12-16,25H2,1-2H3,(H,26,29)/t19-,22+,23+/m1/s1. The highest BCUT2D eigenvalue weighted by Gasteiger charge is 2.32. The first-order chi connectivity index (χ1) is 16.6. The summed E-state index contributed by atoms with van der Waals surface area (Å²) in [7, 11) is -3.91. The lowest BCUT2D eigenvalue weighted by Crippen LogP contribution is -2.49. The summed E-state index contributed by atoms with van der Waals surface area (Å²) in [6.45, 7) is 4.61. The molecule has 0 aromatic heterocycles. The largest absolute Gasteiger partial charge is 0.444 e. The zero-order chi connectivity index (χ0) is 25.4. The van der Waals surface area contributed by atoms with Crippen LogP contribution in [0.1, 0.15) is 20.3 Å². The molecule has 0 unspecified atom stereocenters. The lowest BCUT2D eigenvalue weighted by Gasteiger charge is -2.30. The SMILES string of the molecule is CC(C)CN(C[C@H](O)[C@@H](NC(=O)O[C@@H]1CCOC1)Sc1ccccc1)S(=O)(=O)c1ccc(N)cc1. The summed E-state index contributed by atoms with van der Waals surface area (Å²) in [4.78, 5) is 13.4. The fourth-order valence-corrected chi connectivity index (χ4v) is 6.16. The molecule has 11 heteroatoms. The van der Waals surface area contributed by atoms with E-state index in [0.29, 0.717) is 25.3 Å². The molecule has 192 valence electrons. The minimum absolute atomic E-state index is 0.00581. The van der Waals surface area contributed by atoms with Crippen molar-refractivity contribution in [1.29, 1.82) is 0 Å². The number of aliphatic hydroxyl groups excluding tert-OH is 1. The molecule has 3 atom stereocenters. The number of thioether (sulfide) groups is 1. The molecule has 1 aliphatic rings. The quantitative estimate of drug-likeness (QED) is 0.233. The predicted molar refractivity (Wildman–Crippen MR) is 135 cm³/mol. The third-order valence-corrected chi connectivity index (χ3v) is 8.33. The first kappa shape index (κ1) is 27.3. The molecule has 1 heterocycles. The van der Waals surface area contributed by atoms with Crippen molar-refractivity contribution in [1.82, 2.24) is 9.62 Å². The molecular weight excluding hydrogens is 490 g/mol. The van der Waals surface area contributed by atoms with E-state index in [4.69, 9.17) is 15.2 Å². The number of ether oxygens (including phenoxy) is 2. The maximum Gasteiger partial charge on any atom is 0.408 e. The molecule has 2 aromatic rings. The first-order valence-corrected chi connectivity index (χ1v) is 13.8. The number of sulfonamides is 1. The number of alkyl carbamates (subject to hydrolysis) is 1. The molecule has 9 nitrogen and oxygen atoms in total. The maximum absolute atomic E-state index is 13.4. The topological polar surface area (TPSA) is 131 Å². The number of aliphatic hydroxyl groups is 1. The fourth-order valence-electron chi connectivity index (χ4n) is 3.53. The number of hydrogen-bond acceptors (Lipinski definition) is 8. The van der Waals surface area contributed by atoms with E-state index in [1.165, 1.54) is 40.3 Å². The Morgan fingerprint density at radius 3 is 2.49 bits per heavy atom. The summed E-state index contributed by atoms with van der Waals surface area (Å²) in [6.07, 6.45) is -1.66. The zero-order valence-electron chi connectivity index (χ0n) is 19.9. The molecule has 1 saturated heterocycles. The fraction of sp³-hybridized carbons (Fsp3) is 0.458. The average Bonchev–Trinajstić information content (AvgIpc) is 3.31. The van der Waals surface area contributed by atoms with Gasteiger partial charge in [-0.3, -0.25) is 0 Å². The summed E-state index contributed by atoms with van der Waals surface area (Å²) in [5, 5.41) is 13.0. The number of nitrogens with two attached hydrogens (primary N) is 1. The Balaban J connectivity index is 1.80. The summed E-state index contributed by atoms with van der Waals surface area (Å²) in [5.74, 6) is 0.00581. The number of hydrogen-bond donors (Lipinski definition) is 3. The summed E-state index contributed by atoms with van der Waals surface area (Å²) >= 11 is 1.22. The molecule has 2 aromatic carbocycles. The normalized spacial score (nSPS) is 17.9. The zero-order valence-corrected chi connectivity index (χ0v) is 21.5. The molecule has 0 radical (unpaired) electrons. The van der Waals surface area contributed by atoms with Gasteiger partial charge in [0, 0.05) is 30.1 Å². The van der Waals surface area contributed by atoms with Gasteiger partial charge in [-0.2, -0.15) is 4.31 Å². The molecule has 1 fully saturated rings. The van der Waals surface area contributed by atoms with Crippen LogP contribution in [0.3, 0.4) is 0 Å². The number of nitrogen functional groups attached to an aromatic ring is 1. The van der Waals surface area contributed by atoms with Gasteiger partial charge in [-0.05, 0) is 42.3 Å². The van der Waals surface area contributed by atoms with Crippen LogP contribution >= 0.6 is 11.8 Å². The summed E-state index contributed by atoms with van der Waals surface area (Å²) in [6, 6.07) is 15.2. The van der Waals surface area contributed by atoms with Crippen molar-refractivity contribution in [3.05, 3.63) is 54.6 Å². The van der Waals surface area contributed by atoms with Crippen LogP contribution in [0.25, 0.3) is 0 Å². The van der Waals surface area contributed by atoms with Gasteiger partial charge in [0.2, 0.25) is 10.0 Å². The molecule has 3 rings (SSSR count). The monoisotopic (exact) mass is 523 g/mol. The van der Waals surface area contributed by atoms with Crippen LogP contribution in [0, 0.1) is 5.92 Å². The molecule has 0 bridgehead atoms. The van der Waals surface area contributed by atoms with Crippen LogP contribution in [0.4, 0.5) is 10.5 Å². The molecular formula is C24H33N3O6S2. The van der Waals surface area contributed by atoms with Gasteiger partial charge in [0.1, 0.15) is 11.5 Å². The van der Waals surface area contributed by atoms with E-state index in [0.717, 1.165) is 4.90 Å². The molecule has 0 spiro atoms. The second-order valence-electron chi connectivity index (χ2n) is 8.74. The van der Waals surface area contributed by atoms with Gasteiger partial charge in [-0.1, -0.05) is 43.8 Å². The van der Waals surface area contributed by atoms with Gasteiger partial charge in [-0.25, -0.2) is 13.2 Å². The highest BCUT2D eigenvalue weighted by atomic mass is 32.2. The van der Waals surface area contributed by atoms with E-state index in [1.807, 2.05) is 44.2 Å². The lowest BCUT2D eigenvalue weighted by molar-refractivity contribution is 0.0743. The highest BCUT2D eigenvalue weighted by molar-refractivity contribution is 8.00. The van der Waals surface area contributed by atoms with E-state index in [9.17, 15) is 18.3 Å². The Morgan fingerprint density at radius 1 is 1.20 bits per heavy atom. The van der Waals surface area contributed by atoms with Crippen LogP contribution in [0.5, 0.6) is 0 Å². The molecule has 1 aliphatic heterocycles. The van der Waals surface area contributed by atoms with Crippen LogP contribution in [0.2, 0.25) is 0 Å². The van der Waals surface area contributed by atoms with Crippen molar-refractivity contribution in [2.24, 2.45) is 5.92 Å². The van der Waals surface area contributed by atoms with Crippen LogP contribution in [-0.2, 0) is 19.5 Å². The van der Waals surface area contributed by atoms with Crippen molar-refractivity contribution in [3.8, 4) is 0 Å². The molecule has 35 heavy (non-hydrogen) atoms. The number of anilines is 1. The van der Waals surface area contributed by atoms with E-state index in [1.54, 1.807) is 0 Å². The summed E-state index contributed by atoms with van der Waals surface area (Å²) in [5.41, 5.74) is 6.17. The Bertz CT molecular complexity index is 1040. The van der Waals surface area contributed by atoms with E-state index < -0.39 is 27.6 Å². The molecule has 4 N–H and O–H groups in total. The van der Waals surface area contributed by atoms with Crippen LogP contribution < -0.4 is 11.1 Å². The Labute approximate surface area is 211 Å². The average molecular weight is 524 g/mol. The molecule has 0 saturated carbocycles. The van der Waals surface area contributed by atoms with Crippen molar-refractivity contribution < 1.29 is 27.8 Å². The number of carbonyl (C=O) groups excluding carboxylic acids is 1. The minimum atomic E-state index is -3.91. The molecule has 0 aliphatic carbocycles. The van der Waals surface area contributed by atoms with Gasteiger partial charge in [0.15, 0.2) is 0 Å². The number of carbonyl (C=O) groups is 1. The van der Waals surface area contributed by atoms with Gasteiger partial charge in [-0.15, -0.1) is 0 Å². The van der Waals surface area contributed by atoms with E-state index in [2.05, 4.69) is 5.32 Å². The second kappa shape index (κ2) is 12.6. The number of nitrogens with one attached hydrogen (secondary N) is 1. The lowest BCUT2D eigenvalue weighted by atomic mass is 10.2. The van der Waals surface area contributed by atoms with Crippen LogP contribution in [0.15, 0.2) is 64.4 Å².